The lowest BCUT2D eigenvalue weighted by molar-refractivity contribution is -0.119. The summed E-state index contributed by atoms with van der Waals surface area (Å²) in [5.74, 6) is 0.245. The SMILES string of the molecule is CCCCOc1ccc(/C=N\NC(=O)CN(c2cccc(C)c2)S(C)(=O)=O)cc1. The summed E-state index contributed by atoms with van der Waals surface area (Å²) >= 11 is 0. The third-order valence-electron chi connectivity index (χ3n) is 4.03. The Balaban J connectivity index is 1.95. The smallest absolute Gasteiger partial charge is 0.260 e. The first-order valence-electron chi connectivity index (χ1n) is 9.38. The van der Waals surface area contributed by atoms with E-state index in [1.54, 1.807) is 18.2 Å². The van der Waals surface area contributed by atoms with Crippen LogP contribution in [-0.2, 0) is 14.8 Å². The second-order valence-corrected chi connectivity index (χ2v) is 8.58. The number of ether oxygens (including phenoxy) is 1. The fraction of sp³-hybridized carbons (Fsp3) is 0.333. The number of anilines is 1. The molecule has 0 saturated carbocycles. The average molecular weight is 418 g/mol. The molecule has 0 aliphatic heterocycles. The predicted octanol–water partition coefficient (Wildman–Crippen LogP) is 3.09. The van der Waals surface area contributed by atoms with E-state index in [4.69, 9.17) is 4.74 Å². The number of aryl methyl sites for hydroxylation is 1. The minimum atomic E-state index is -3.61. The van der Waals surface area contributed by atoms with Crippen LogP contribution in [0.5, 0.6) is 5.75 Å². The van der Waals surface area contributed by atoms with Crippen molar-refractivity contribution in [2.24, 2.45) is 5.10 Å². The van der Waals surface area contributed by atoms with Crippen molar-refractivity contribution in [3.8, 4) is 5.75 Å². The van der Waals surface area contributed by atoms with Crippen LogP contribution in [0.4, 0.5) is 5.69 Å². The molecule has 0 aliphatic rings. The number of sulfonamides is 1. The fourth-order valence-corrected chi connectivity index (χ4v) is 3.36. The lowest BCUT2D eigenvalue weighted by Gasteiger charge is -2.21. The first-order valence-corrected chi connectivity index (χ1v) is 11.2. The van der Waals surface area contributed by atoms with Gasteiger partial charge in [-0.25, -0.2) is 13.8 Å². The molecule has 0 aliphatic carbocycles. The molecule has 1 amide bonds. The maximum absolute atomic E-state index is 12.2. The Morgan fingerprint density at radius 3 is 2.55 bits per heavy atom. The topological polar surface area (TPSA) is 88.1 Å². The quantitative estimate of drug-likeness (QED) is 0.366. The van der Waals surface area contributed by atoms with Crippen LogP contribution in [0.25, 0.3) is 0 Å². The van der Waals surface area contributed by atoms with E-state index in [2.05, 4.69) is 17.5 Å². The van der Waals surface area contributed by atoms with Crippen molar-refractivity contribution in [1.29, 1.82) is 0 Å². The molecule has 0 atom stereocenters. The number of benzene rings is 2. The first-order chi connectivity index (χ1) is 13.8. The third kappa shape index (κ3) is 7.57. The van der Waals surface area contributed by atoms with Gasteiger partial charge in [-0.1, -0.05) is 25.5 Å². The van der Waals surface area contributed by atoms with Crippen molar-refractivity contribution in [3.63, 3.8) is 0 Å². The van der Waals surface area contributed by atoms with Gasteiger partial charge in [0.2, 0.25) is 10.0 Å². The van der Waals surface area contributed by atoms with Crippen molar-refractivity contribution < 1.29 is 17.9 Å². The van der Waals surface area contributed by atoms with Crippen molar-refractivity contribution >= 4 is 27.8 Å². The molecule has 29 heavy (non-hydrogen) atoms. The van der Waals surface area contributed by atoms with Crippen molar-refractivity contribution in [1.82, 2.24) is 5.43 Å². The summed E-state index contributed by atoms with van der Waals surface area (Å²) in [6, 6.07) is 14.3. The van der Waals surface area contributed by atoms with Gasteiger partial charge in [0.05, 0.1) is 24.8 Å². The largest absolute Gasteiger partial charge is 0.494 e. The molecule has 8 heteroatoms. The van der Waals surface area contributed by atoms with E-state index < -0.39 is 15.9 Å². The summed E-state index contributed by atoms with van der Waals surface area (Å²) < 4.78 is 30.8. The monoisotopic (exact) mass is 417 g/mol. The Morgan fingerprint density at radius 1 is 1.21 bits per heavy atom. The van der Waals surface area contributed by atoms with Gasteiger partial charge in [-0.2, -0.15) is 5.10 Å². The van der Waals surface area contributed by atoms with Gasteiger partial charge in [0.15, 0.2) is 0 Å². The highest BCUT2D eigenvalue weighted by Crippen LogP contribution is 2.18. The zero-order valence-electron chi connectivity index (χ0n) is 17.0. The minimum absolute atomic E-state index is 0.357. The van der Waals surface area contributed by atoms with Gasteiger partial charge in [0.1, 0.15) is 12.3 Å². The van der Waals surface area contributed by atoms with Crippen LogP contribution in [0.3, 0.4) is 0 Å². The van der Waals surface area contributed by atoms with Crippen molar-refractivity contribution in [3.05, 3.63) is 59.7 Å². The third-order valence-corrected chi connectivity index (χ3v) is 5.17. The molecule has 7 nitrogen and oxygen atoms in total. The van der Waals surface area contributed by atoms with Crippen LogP contribution in [0.2, 0.25) is 0 Å². The van der Waals surface area contributed by atoms with Crippen molar-refractivity contribution in [2.45, 2.75) is 26.7 Å². The number of hydrogen-bond donors (Lipinski definition) is 1. The molecule has 0 fully saturated rings. The molecule has 2 rings (SSSR count). The summed E-state index contributed by atoms with van der Waals surface area (Å²) in [4.78, 5) is 12.2. The number of unbranched alkanes of at least 4 members (excludes halogenated alkanes) is 1. The Bertz CT molecular complexity index is 941. The lowest BCUT2D eigenvalue weighted by atomic mass is 10.2. The summed E-state index contributed by atoms with van der Waals surface area (Å²) in [6.07, 6.45) is 4.63. The maximum Gasteiger partial charge on any atom is 0.260 e. The van der Waals surface area contributed by atoms with Gasteiger partial charge >= 0.3 is 0 Å². The van der Waals surface area contributed by atoms with Gasteiger partial charge in [-0.15, -0.1) is 0 Å². The highest BCUT2D eigenvalue weighted by Gasteiger charge is 2.20. The van der Waals surface area contributed by atoms with E-state index in [1.165, 1.54) is 6.21 Å². The van der Waals surface area contributed by atoms with E-state index in [9.17, 15) is 13.2 Å². The number of carbonyl (C=O) groups excluding carboxylic acids is 1. The van der Waals surface area contributed by atoms with Gasteiger partial charge < -0.3 is 4.74 Å². The Kier molecular flexibility index (Phi) is 8.21. The second kappa shape index (κ2) is 10.6. The summed E-state index contributed by atoms with van der Waals surface area (Å²) in [6.45, 7) is 4.28. The number of amides is 1. The summed E-state index contributed by atoms with van der Waals surface area (Å²) in [5.41, 5.74) is 4.49. The van der Waals surface area contributed by atoms with Crippen LogP contribution in [0, 0.1) is 6.92 Å². The van der Waals surface area contributed by atoms with Gasteiger partial charge in [0, 0.05) is 0 Å². The molecule has 156 valence electrons. The molecule has 0 saturated heterocycles. The zero-order chi connectivity index (χ0) is 21.3. The molecule has 0 aromatic heterocycles. The molecule has 0 unspecified atom stereocenters. The molecular formula is C21H27N3O4S. The number of rotatable bonds is 10. The summed E-state index contributed by atoms with van der Waals surface area (Å²) in [5, 5.41) is 3.91. The summed E-state index contributed by atoms with van der Waals surface area (Å²) in [7, 11) is -3.61. The number of carbonyl (C=O) groups is 1. The van der Waals surface area contributed by atoms with E-state index in [-0.39, 0.29) is 6.54 Å². The van der Waals surface area contributed by atoms with E-state index in [0.29, 0.717) is 12.3 Å². The van der Waals surface area contributed by atoms with Gasteiger partial charge in [-0.3, -0.25) is 9.10 Å². The molecule has 0 heterocycles. The van der Waals surface area contributed by atoms with Crippen LogP contribution >= 0.6 is 0 Å². The van der Waals surface area contributed by atoms with Crippen LogP contribution < -0.4 is 14.5 Å². The minimum Gasteiger partial charge on any atom is -0.494 e. The van der Waals surface area contributed by atoms with Crippen LogP contribution in [0.1, 0.15) is 30.9 Å². The highest BCUT2D eigenvalue weighted by molar-refractivity contribution is 7.92. The van der Waals surface area contributed by atoms with Crippen molar-refractivity contribution in [2.75, 3.05) is 23.7 Å². The number of nitrogens with one attached hydrogen (secondary N) is 1. The van der Waals surface area contributed by atoms with E-state index in [1.807, 2.05) is 37.3 Å². The lowest BCUT2D eigenvalue weighted by Crippen LogP contribution is -2.39. The van der Waals surface area contributed by atoms with Crippen LogP contribution in [0.15, 0.2) is 53.6 Å². The first kappa shape index (κ1) is 22.4. The molecule has 0 bridgehead atoms. The molecule has 0 radical (unpaired) electrons. The standard InChI is InChI=1S/C21H27N3O4S/c1-4-5-13-28-20-11-9-18(10-12-20)15-22-23-21(25)16-24(29(3,26)27)19-8-6-7-17(2)14-19/h6-12,14-15H,4-5,13,16H2,1-3H3,(H,23,25)/b22-15-. The Hall–Kier alpha value is -2.87. The van der Waals surface area contributed by atoms with Gasteiger partial charge in [-0.05, 0) is 60.9 Å². The number of hydrazone groups is 1. The Labute approximate surface area is 172 Å². The molecule has 1 N–H and O–H groups in total. The average Bonchev–Trinajstić information content (AvgIpc) is 2.67. The second-order valence-electron chi connectivity index (χ2n) is 6.67. The molecular weight excluding hydrogens is 390 g/mol. The van der Waals surface area contributed by atoms with Crippen LogP contribution in [-0.4, -0.2) is 39.9 Å². The Morgan fingerprint density at radius 2 is 1.93 bits per heavy atom. The van der Waals surface area contributed by atoms with Gasteiger partial charge in [0.25, 0.3) is 5.91 Å². The highest BCUT2D eigenvalue weighted by atomic mass is 32.2. The zero-order valence-corrected chi connectivity index (χ0v) is 17.8. The molecule has 2 aromatic carbocycles. The maximum atomic E-state index is 12.2. The normalized spacial score (nSPS) is 11.4. The van der Waals surface area contributed by atoms with E-state index >= 15 is 0 Å². The molecule has 2 aromatic rings. The van der Waals surface area contributed by atoms with E-state index in [0.717, 1.165) is 40.3 Å². The number of nitrogens with zero attached hydrogens (tertiary/aromatic N) is 2. The number of hydrogen-bond acceptors (Lipinski definition) is 5. The fourth-order valence-electron chi connectivity index (χ4n) is 2.51. The molecule has 0 spiro atoms. The predicted molar refractivity (Wildman–Crippen MR) is 116 cm³/mol.